The molecule has 0 radical (unpaired) electrons. The van der Waals surface area contributed by atoms with E-state index < -0.39 is 0 Å². The summed E-state index contributed by atoms with van der Waals surface area (Å²) in [6.07, 6.45) is 2.18. The predicted molar refractivity (Wildman–Crippen MR) is 77.5 cm³/mol. The van der Waals surface area contributed by atoms with Gasteiger partial charge in [-0.3, -0.25) is 5.01 Å². The van der Waals surface area contributed by atoms with E-state index in [-0.39, 0.29) is 5.66 Å². The molecule has 0 aromatic carbocycles. The van der Waals surface area contributed by atoms with Crippen LogP contribution in [0.25, 0.3) is 0 Å². The van der Waals surface area contributed by atoms with E-state index in [1.807, 2.05) is 0 Å². The Bertz CT molecular complexity index is 264. The van der Waals surface area contributed by atoms with Gasteiger partial charge in [0.2, 0.25) is 0 Å². The van der Waals surface area contributed by atoms with E-state index in [9.17, 15) is 0 Å². The molecule has 0 spiro atoms. The summed E-state index contributed by atoms with van der Waals surface area (Å²) in [4.78, 5) is 0. The quantitative estimate of drug-likeness (QED) is 0.741. The lowest BCUT2D eigenvalue weighted by molar-refractivity contribution is 0.141. The molecular weight excluding hydrogens is 230 g/mol. The maximum absolute atomic E-state index is 5.42. The predicted octanol–water partition coefficient (Wildman–Crippen LogP) is 2.88. The third-order valence-corrected chi connectivity index (χ3v) is 3.23. The van der Waals surface area contributed by atoms with Crippen LogP contribution in [0.4, 0.5) is 0 Å². The van der Waals surface area contributed by atoms with Gasteiger partial charge in [-0.15, -0.1) is 0 Å². The minimum absolute atomic E-state index is 0.0519. The smallest absolute Gasteiger partial charge is 0.185 e. The molecule has 1 heterocycles. The molecule has 0 aromatic rings. The second kappa shape index (κ2) is 5.53. The molecule has 0 unspecified atom stereocenters. The molecular formula is C13H27N3S. The first-order valence-corrected chi connectivity index (χ1v) is 7.06. The van der Waals surface area contributed by atoms with Gasteiger partial charge < -0.3 is 5.32 Å². The third-order valence-electron chi connectivity index (χ3n) is 2.93. The lowest BCUT2D eigenvalue weighted by Gasteiger charge is -2.34. The zero-order valence-corrected chi connectivity index (χ0v) is 12.8. The zero-order chi connectivity index (χ0) is 13.2. The molecule has 1 aliphatic rings. The van der Waals surface area contributed by atoms with Crippen molar-refractivity contribution in [3.63, 3.8) is 0 Å². The van der Waals surface area contributed by atoms with Crippen LogP contribution in [0.1, 0.15) is 54.4 Å². The number of hydrazine groups is 1. The highest BCUT2D eigenvalue weighted by Gasteiger charge is 2.41. The monoisotopic (exact) mass is 257 g/mol. The summed E-state index contributed by atoms with van der Waals surface area (Å²) < 4.78 is 0. The maximum Gasteiger partial charge on any atom is 0.185 e. The van der Waals surface area contributed by atoms with Gasteiger partial charge in [0.05, 0.1) is 0 Å². The zero-order valence-electron chi connectivity index (χ0n) is 12.0. The molecule has 0 aromatic heterocycles. The minimum atomic E-state index is -0.0519. The van der Waals surface area contributed by atoms with Crippen LogP contribution in [-0.4, -0.2) is 21.8 Å². The molecule has 1 rings (SSSR count). The van der Waals surface area contributed by atoms with E-state index in [1.54, 1.807) is 0 Å². The van der Waals surface area contributed by atoms with Gasteiger partial charge in [0.15, 0.2) is 5.11 Å². The van der Waals surface area contributed by atoms with Gasteiger partial charge in [0, 0.05) is 6.04 Å². The summed E-state index contributed by atoms with van der Waals surface area (Å²) in [5, 5.41) is 6.43. The molecule has 0 saturated carbocycles. The number of rotatable bonds is 5. The van der Waals surface area contributed by atoms with Crippen LogP contribution in [0.3, 0.4) is 0 Å². The van der Waals surface area contributed by atoms with Gasteiger partial charge in [-0.05, 0) is 50.7 Å². The lowest BCUT2D eigenvalue weighted by atomic mass is 9.90. The Morgan fingerprint density at radius 3 is 1.82 bits per heavy atom. The Labute approximate surface area is 111 Å². The first-order chi connectivity index (χ1) is 7.76. The summed E-state index contributed by atoms with van der Waals surface area (Å²) in [6, 6.07) is 0.385. The van der Waals surface area contributed by atoms with Crippen molar-refractivity contribution in [3.8, 4) is 0 Å². The van der Waals surface area contributed by atoms with E-state index in [1.165, 1.54) is 0 Å². The summed E-state index contributed by atoms with van der Waals surface area (Å²) >= 11 is 5.42. The number of nitrogens with one attached hydrogen (secondary N) is 2. The fraction of sp³-hybridized carbons (Fsp3) is 0.923. The van der Waals surface area contributed by atoms with Gasteiger partial charge in [-0.2, -0.15) is 0 Å². The van der Waals surface area contributed by atoms with Gasteiger partial charge in [-0.1, -0.05) is 27.7 Å². The fourth-order valence-electron chi connectivity index (χ4n) is 2.61. The highest BCUT2D eigenvalue weighted by atomic mass is 32.1. The standard InChI is InChI=1S/C13H27N3S/c1-9(2)7-13(8-10(3)4)14-12(17)16(15-13)11(5)6/h9-11,15H,7-8H2,1-6H3,(H,14,17). The second-order valence-electron chi connectivity index (χ2n) is 6.28. The molecule has 1 aliphatic heterocycles. The SMILES string of the molecule is CC(C)CC1(CC(C)C)NC(=S)N(C(C)C)N1. The van der Waals surface area contributed by atoms with Crippen LogP contribution >= 0.6 is 12.2 Å². The van der Waals surface area contributed by atoms with Crippen LogP contribution in [-0.2, 0) is 0 Å². The molecule has 0 bridgehead atoms. The van der Waals surface area contributed by atoms with Crippen molar-refractivity contribution in [2.75, 3.05) is 0 Å². The first-order valence-electron chi connectivity index (χ1n) is 6.65. The molecule has 0 atom stereocenters. The Morgan fingerprint density at radius 2 is 1.53 bits per heavy atom. The molecule has 3 nitrogen and oxygen atoms in total. The van der Waals surface area contributed by atoms with Gasteiger partial charge in [0.1, 0.15) is 5.66 Å². The minimum Gasteiger partial charge on any atom is -0.342 e. The molecule has 0 aliphatic carbocycles. The number of nitrogens with zero attached hydrogens (tertiary/aromatic N) is 1. The average molecular weight is 257 g/mol. The normalized spacial score (nSPS) is 19.6. The maximum atomic E-state index is 5.42. The van der Waals surface area contributed by atoms with Crippen molar-refractivity contribution in [1.82, 2.24) is 15.8 Å². The van der Waals surface area contributed by atoms with Gasteiger partial charge >= 0.3 is 0 Å². The van der Waals surface area contributed by atoms with Crippen molar-refractivity contribution in [2.24, 2.45) is 11.8 Å². The Kier molecular flexibility index (Phi) is 4.78. The molecule has 1 saturated heterocycles. The van der Waals surface area contributed by atoms with Crippen LogP contribution in [0.15, 0.2) is 0 Å². The molecule has 1 fully saturated rings. The molecule has 0 amide bonds. The summed E-state index contributed by atoms with van der Waals surface area (Å²) in [6.45, 7) is 13.3. The van der Waals surface area contributed by atoms with Crippen LogP contribution in [0, 0.1) is 11.8 Å². The molecule has 4 heteroatoms. The topological polar surface area (TPSA) is 27.3 Å². The molecule has 17 heavy (non-hydrogen) atoms. The van der Waals surface area contributed by atoms with Gasteiger partial charge in [0.25, 0.3) is 0 Å². The van der Waals surface area contributed by atoms with E-state index >= 15 is 0 Å². The Hall–Kier alpha value is -0.350. The van der Waals surface area contributed by atoms with Crippen LogP contribution in [0.5, 0.6) is 0 Å². The van der Waals surface area contributed by atoms with Crippen molar-refractivity contribution < 1.29 is 0 Å². The Balaban J connectivity index is 2.83. The van der Waals surface area contributed by atoms with Crippen molar-refractivity contribution >= 4 is 17.3 Å². The van der Waals surface area contributed by atoms with Crippen LogP contribution in [0.2, 0.25) is 0 Å². The average Bonchev–Trinajstić information content (AvgIpc) is 2.39. The highest BCUT2D eigenvalue weighted by Crippen LogP contribution is 2.27. The van der Waals surface area contributed by atoms with E-state index in [4.69, 9.17) is 12.2 Å². The van der Waals surface area contributed by atoms with Crippen LogP contribution < -0.4 is 10.7 Å². The van der Waals surface area contributed by atoms with Crippen molar-refractivity contribution in [3.05, 3.63) is 0 Å². The number of hydrogen-bond acceptors (Lipinski definition) is 2. The Morgan fingerprint density at radius 1 is 1.06 bits per heavy atom. The van der Waals surface area contributed by atoms with E-state index in [0.717, 1.165) is 18.0 Å². The van der Waals surface area contributed by atoms with Crippen molar-refractivity contribution in [1.29, 1.82) is 0 Å². The first kappa shape index (κ1) is 14.7. The summed E-state index contributed by atoms with van der Waals surface area (Å²) in [7, 11) is 0. The number of hydrogen-bond donors (Lipinski definition) is 2. The van der Waals surface area contributed by atoms with E-state index in [2.05, 4.69) is 57.3 Å². The highest BCUT2D eigenvalue weighted by molar-refractivity contribution is 7.80. The van der Waals surface area contributed by atoms with Gasteiger partial charge in [-0.25, -0.2) is 5.43 Å². The number of thiocarbonyl (C=S) groups is 1. The second-order valence-corrected chi connectivity index (χ2v) is 6.67. The third kappa shape index (κ3) is 3.81. The summed E-state index contributed by atoms with van der Waals surface area (Å²) in [5.74, 6) is 1.28. The lowest BCUT2D eigenvalue weighted by Crippen LogP contribution is -2.53. The molecule has 100 valence electrons. The fourth-order valence-corrected chi connectivity index (χ4v) is 3.06. The van der Waals surface area contributed by atoms with Crippen molar-refractivity contribution in [2.45, 2.75) is 66.1 Å². The molecule has 2 N–H and O–H groups in total. The largest absolute Gasteiger partial charge is 0.342 e. The summed E-state index contributed by atoms with van der Waals surface area (Å²) in [5.41, 5.74) is 3.55. The van der Waals surface area contributed by atoms with E-state index in [0.29, 0.717) is 17.9 Å².